The highest BCUT2D eigenvalue weighted by atomic mass is 79.9. The number of nitrogens with zero attached hydrogens (tertiary/aromatic N) is 2. The molecular weight excluding hydrogens is 706 g/mol. The van der Waals surface area contributed by atoms with Gasteiger partial charge in [0.25, 0.3) is 10.0 Å². The molecule has 0 aromatic heterocycles. The van der Waals surface area contributed by atoms with Crippen LogP contribution in [0, 0.1) is 13.8 Å². The molecule has 0 aliphatic heterocycles. The van der Waals surface area contributed by atoms with Crippen LogP contribution in [-0.4, -0.2) is 58.0 Å². The Hall–Kier alpha value is -4.35. The third-order valence-corrected chi connectivity index (χ3v) is 10.6. The van der Waals surface area contributed by atoms with Gasteiger partial charge in [-0.3, -0.25) is 13.9 Å². The van der Waals surface area contributed by atoms with Crippen LogP contribution in [0.25, 0.3) is 0 Å². The number of carbonyl (C=O) groups excluding carboxylic acids is 2. The summed E-state index contributed by atoms with van der Waals surface area (Å²) < 4.78 is 41.8. The smallest absolute Gasteiger partial charge is 0.264 e. The minimum atomic E-state index is -4.34. The molecule has 4 aromatic carbocycles. The number of methoxy groups -OCH3 is 2. The summed E-state index contributed by atoms with van der Waals surface area (Å²) in [6.45, 7) is 7.15. The normalized spacial score (nSPS) is 12.5. The topological polar surface area (TPSA) is 105 Å². The van der Waals surface area contributed by atoms with Crippen LogP contribution in [0.4, 0.5) is 5.69 Å². The lowest BCUT2D eigenvalue weighted by Gasteiger charge is -2.34. The quantitative estimate of drug-likeness (QED) is 0.143. The van der Waals surface area contributed by atoms with E-state index in [1.54, 1.807) is 12.1 Å². The van der Waals surface area contributed by atoms with Gasteiger partial charge >= 0.3 is 0 Å². The average Bonchev–Trinajstić information content (AvgIpc) is 3.08. The molecule has 260 valence electrons. The van der Waals surface area contributed by atoms with Crippen molar-refractivity contribution >= 4 is 43.5 Å². The number of amides is 2. The van der Waals surface area contributed by atoms with Crippen molar-refractivity contribution in [2.24, 2.45) is 0 Å². The molecule has 2 amide bonds. The number of aryl methyl sites for hydroxylation is 2. The number of halogens is 1. The second-order valence-electron chi connectivity index (χ2n) is 12.0. The van der Waals surface area contributed by atoms with Crippen LogP contribution in [0.1, 0.15) is 42.5 Å². The molecule has 0 fully saturated rings. The van der Waals surface area contributed by atoms with Crippen LogP contribution in [0.3, 0.4) is 0 Å². The second kappa shape index (κ2) is 16.8. The zero-order chi connectivity index (χ0) is 35.7. The van der Waals surface area contributed by atoms with Gasteiger partial charge in [-0.1, -0.05) is 71.4 Å². The van der Waals surface area contributed by atoms with Gasteiger partial charge in [-0.15, -0.1) is 0 Å². The van der Waals surface area contributed by atoms with E-state index in [4.69, 9.17) is 9.47 Å². The number of carbonyl (C=O) groups is 2. The first-order valence-electron chi connectivity index (χ1n) is 16.1. The highest BCUT2D eigenvalue weighted by Crippen LogP contribution is 2.33. The van der Waals surface area contributed by atoms with Crippen molar-refractivity contribution < 1.29 is 27.5 Å². The molecule has 0 radical (unpaired) electrons. The Morgan fingerprint density at radius 2 is 1.47 bits per heavy atom. The van der Waals surface area contributed by atoms with Crippen LogP contribution in [0.5, 0.6) is 11.5 Å². The lowest BCUT2D eigenvalue weighted by molar-refractivity contribution is -0.140. The number of rotatable bonds is 15. The Morgan fingerprint density at radius 3 is 2.06 bits per heavy atom. The predicted molar refractivity (Wildman–Crippen MR) is 197 cm³/mol. The highest BCUT2D eigenvalue weighted by Gasteiger charge is 2.35. The standard InChI is InChI=1S/C38H44BrN3O6S/c1-7-28(4)40-38(44)34(22-29-11-9-8-10-12-29)41(24-30-13-15-31(39)16-14-30)37(43)25-42(32-20-26(2)19-27(3)21-32)49(45,46)33-17-18-35(47-5)36(23-33)48-6/h8-21,23,28,34H,7,22,24-25H2,1-6H3,(H,40,44)/t28-,34+/m0/s1. The van der Waals surface area contributed by atoms with E-state index in [2.05, 4.69) is 21.2 Å². The molecule has 4 aromatic rings. The Labute approximate surface area is 298 Å². The summed E-state index contributed by atoms with van der Waals surface area (Å²) in [4.78, 5) is 30.2. The highest BCUT2D eigenvalue weighted by molar-refractivity contribution is 9.10. The van der Waals surface area contributed by atoms with Crippen molar-refractivity contribution in [3.63, 3.8) is 0 Å². The number of benzene rings is 4. The summed E-state index contributed by atoms with van der Waals surface area (Å²) in [7, 11) is -1.44. The zero-order valence-corrected chi connectivity index (χ0v) is 31.2. The van der Waals surface area contributed by atoms with Crippen LogP contribution in [0.15, 0.2) is 100 Å². The fraction of sp³-hybridized carbons (Fsp3) is 0.316. The SMILES string of the molecule is CC[C@H](C)NC(=O)[C@@H](Cc1ccccc1)N(Cc1ccc(Br)cc1)C(=O)CN(c1cc(C)cc(C)c1)S(=O)(=O)c1ccc(OC)c(OC)c1. The fourth-order valence-electron chi connectivity index (χ4n) is 5.51. The molecule has 4 rings (SSSR count). The van der Waals surface area contributed by atoms with Crippen LogP contribution < -0.4 is 19.1 Å². The van der Waals surface area contributed by atoms with E-state index in [9.17, 15) is 18.0 Å². The van der Waals surface area contributed by atoms with Crippen molar-refractivity contribution in [3.05, 3.63) is 118 Å². The largest absolute Gasteiger partial charge is 0.493 e. The number of ether oxygens (including phenoxy) is 2. The van der Waals surface area contributed by atoms with Gasteiger partial charge in [0.15, 0.2) is 11.5 Å². The Balaban J connectivity index is 1.85. The second-order valence-corrected chi connectivity index (χ2v) is 14.8. The molecule has 0 unspecified atom stereocenters. The third kappa shape index (κ3) is 9.64. The molecule has 2 atom stereocenters. The summed E-state index contributed by atoms with van der Waals surface area (Å²) in [5.41, 5.74) is 3.64. The first kappa shape index (κ1) is 37.5. The maximum Gasteiger partial charge on any atom is 0.264 e. The molecule has 0 saturated carbocycles. The molecule has 0 spiro atoms. The molecular formula is C38H44BrN3O6S. The van der Waals surface area contributed by atoms with E-state index in [1.165, 1.54) is 37.3 Å². The Kier molecular flexibility index (Phi) is 12.9. The van der Waals surface area contributed by atoms with Crippen molar-refractivity contribution in [1.29, 1.82) is 0 Å². The molecule has 0 aliphatic rings. The summed E-state index contributed by atoms with van der Waals surface area (Å²) in [6, 6.07) is 25.6. The van der Waals surface area contributed by atoms with Crippen molar-refractivity contribution in [2.75, 3.05) is 25.1 Å². The number of nitrogens with one attached hydrogen (secondary N) is 1. The molecule has 0 bridgehead atoms. The van der Waals surface area contributed by atoms with E-state index < -0.39 is 28.5 Å². The van der Waals surface area contributed by atoms with E-state index in [0.29, 0.717) is 17.9 Å². The summed E-state index contributed by atoms with van der Waals surface area (Å²) in [5, 5.41) is 3.06. The lowest BCUT2D eigenvalue weighted by atomic mass is 10.0. The fourth-order valence-corrected chi connectivity index (χ4v) is 7.19. The maximum atomic E-state index is 14.7. The minimum Gasteiger partial charge on any atom is -0.493 e. The van der Waals surface area contributed by atoms with Crippen LogP contribution >= 0.6 is 15.9 Å². The minimum absolute atomic E-state index is 0.0769. The first-order chi connectivity index (χ1) is 23.4. The van der Waals surface area contributed by atoms with E-state index in [1.807, 2.05) is 88.4 Å². The summed E-state index contributed by atoms with van der Waals surface area (Å²) in [5.74, 6) is -0.250. The maximum absolute atomic E-state index is 14.7. The van der Waals surface area contributed by atoms with Gasteiger partial charge in [0.1, 0.15) is 12.6 Å². The van der Waals surface area contributed by atoms with E-state index in [-0.39, 0.29) is 35.6 Å². The van der Waals surface area contributed by atoms with Crippen molar-refractivity contribution in [1.82, 2.24) is 10.2 Å². The third-order valence-electron chi connectivity index (χ3n) is 8.25. The Bertz CT molecular complexity index is 1830. The zero-order valence-electron chi connectivity index (χ0n) is 28.8. The molecule has 9 nitrogen and oxygen atoms in total. The van der Waals surface area contributed by atoms with Gasteiger partial charge in [0.05, 0.1) is 24.8 Å². The van der Waals surface area contributed by atoms with E-state index in [0.717, 1.165) is 31.0 Å². The molecule has 0 heterocycles. The average molecular weight is 751 g/mol. The van der Waals surface area contributed by atoms with Gasteiger partial charge in [0.2, 0.25) is 11.8 Å². The predicted octanol–water partition coefficient (Wildman–Crippen LogP) is 6.83. The monoisotopic (exact) mass is 749 g/mol. The molecule has 11 heteroatoms. The number of sulfonamides is 1. The molecule has 0 aliphatic carbocycles. The van der Waals surface area contributed by atoms with Crippen molar-refractivity contribution in [3.8, 4) is 11.5 Å². The molecule has 49 heavy (non-hydrogen) atoms. The molecule has 0 saturated heterocycles. The Morgan fingerprint density at radius 1 is 0.837 bits per heavy atom. The van der Waals surface area contributed by atoms with Crippen LogP contribution in [-0.2, 0) is 32.6 Å². The number of anilines is 1. The van der Waals surface area contributed by atoms with Gasteiger partial charge in [-0.2, -0.15) is 0 Å². The van der Waals surface area contributed by atoms with E-state index >= 15 is 0 Å². The summed E-state index contributed by atoms with van der Waals surface area (Å²) in [6.07, 6.45) is 0.936. The van der Waals surface area contributed by atoms with Gasteiger partial charge in [0, 0.05) is 29.5 Å². The lowest BCUT2D eigenvalue weighted by Crippen LogP contribution is -2.54. The molecule has 1 N–H and O–H groups in total. The van der Waals surface area contributed by atoms with Crippen molar-refractivity contribution in [2.45, 2.75) is 64.1 Å². The van der Waals surface area contributed by atoms with Gasteiger partial charge < -0.3 is 19.7 Å². The number of hydrogen-bond acceptors (Lipinski definition) is 6. The van der Waals surface area contributed by atoms with Crippen LogP contribution in [0.2, 0.25) is 0 Å². The summed E-state index contributed by atoms with van der Waals surface area (Å²) >= 11 is 3.47. The van der Waals surface area contributed by atoms with Gasteiger partial charge in [-0.25, -0.2) is 8.42 Å². The number of hydrogen-bond donors (Lipinski definition) is 1. The van der Waals surface area contributed by atoms with Gasteiger partial charge in [-0.05, 0) is 85.8 Å². The first-order valence-corrected chi connectivity index (χ1v) is 18.3.